The first-order chi connectivity index (χ1) is 7.64. The van der Waals surface area contributed by atoms with Gasteiger partial charge in [-0.3, -0.25) is 0 Å². The standard InChI is InChI=1S/C12H18O3S/c13-9-5-11-16(14,15)10-4-8-12-6-2-1-3-7-12/h1-3,6-7,13H,4-5,8-11H2. The van der Waals surface area contributed by atoms with Gasteiger partial charge in [0.05, 0.1) is 11.5 Å². The number of aliphatic hydroxyl groups excluding tert-OH is 1. The van der Waals surface area contributed by atoms with Gasteiger partial charge in [-0.1, -0.05) is 30.3 Å². The van der Waals surface area contributed by atoms with E-state index in [1.165, 1.54) is 5.56 Å². The Hall–Kier alpha value is -0.870. The summed E-state index contributed by atoms with van der Waals surface area (Å²) in [6.45, 7) is -0.0576. The van der Waals surface area contributed by atoms with Gasteiger partial charge in [0.25, 0.3) is 0 Å². The summed E-state index contributed by atoms with van der Waals surface area (Å²) in [5.74, 6) is 0.306. The number of rotatable bonds is 7. The summed E-state index contributed by atoms with van der Waals surface area (Å²) in [5.41, 5.74) is 1.17. The minimum Gasteiger partial charge on any atom is -0.396 e. The Labute approximate surface area is 97.0 Å². The SMILES string of the molecule is O=S(=O)(CCCO)CCCc1ccccc1. The van der Waals surface area contributed by atoms with Crippen molar-refractivity contribution in [3.63, 3.8) is 0 Å². The predicted molar refractivity (Wildman–Crippen MR) is 65.1 cm³/mol. The van der Waals surface area contributed by atoms with Crippen molar-refractivity contribution < 1.29 is 13.5 Å². The largest absolute Gasteiger partial charge is 0.396 e. The van der Waals surface area contributed by atoms with Crippen LogP contribution in [0.4, 0.5) is 0 Å². The smallest absolute Gasteiger partial charge is 0.150 e. The van der Waals surface area contributed by atoms with Gasteiger partial charge < -0.3 is 5.11 Å². The van der Waals surface area contributed by atoms with Gasteiger partial charge in [-0.25, -0.2) is 8.42 Å². The molecule has 1 aromatic carbocycles. The van der Waals surface area contributed by atoms with E-state index in [2.05, 4.69) is 0 Å². The minimum absolute atomic E-state index is 0.0576. The third-order valence-corrected chi connectivity index (χ3v) is 4.20. The zero-order chi connectivity index (χ0) is 11.9. The van der Waals surface area contributed by atoms with Crippen molar-refractivity contribution >= 4 is 9.84 Å². The average Bonchev–Trinajstić information content (AvgIpc) is 2.28. The van der Waals surface area contributed by atoms with Gasteiger partial charge in [-0.2, -0.15) is 0 Å². The molecular weight excluding hydrogens is 224 g/mol. The highest BCUT2D eigenvalue weighted by Gasteiger charge is 2.09. The van der Waals surface area contributed by atoms with E-state index in [0.717, 1.165) is 6.42 Å². The molecule has 0 aliphatic carbocycles. The summed E-state index contributed by atoms with van der Waals surface area (Å²) in [6, 6.07) is 9.85. The van der Waals surface area contributed by atoms with Gasteiger partial charge in [0.2, 0.25) is 0 Å². The van der Waals surface area contributed by atoms with Crippen LogP contribution in [0.25, 0.3) is 0 Å². The fraction of sp³-hybridized carbons (Fsp3) is 0.500. The number of aliphatic hydroxyl groups is 1. The van der Waals surface area contributed by atoms with E-state index in [4.69, 9.17) is 5.11 Å². The second-order valence-corrected chi connectivity index (χ2v) is 6.12. The van der Waals surface area contributed by atoms with E-state index in [-0.39, 0.29) is 18.1 Å². The maximum absolute atomic E-state index is 11.5. The fourth-order valence-electron chi connectivity index (χ4n) is 1.53. The Bertz CT molecular complexity index is 384. The molecule has 0 bridgehead atoms. The molecule has 0 aliphatic heterocycles. The number of benzene rings is 1. The molecule has 4 heteroatoms. The van der Waals surface area contributed by atoms with Crippen molar-refractivity contribution in [1.29, 1.82) is 0 Å². The summed E-state index contributed by atoms with van der Waals surface area (Å²) in [6.07, 6.45) is 1.78. The minimum atomic E-state index is -2.97. The van der Waals surface area contributed by atoms with E-state index < -0.39 is 9.84 Å². The summed E-state index contributed by atoms with van der Waals surface area (Å²) in [7, 11) is -2.97. The number of sulfone groups is 1. The van der Waals surface area contributed by atoms with Gasteiger partial charge in [0.15, 0.2) is 0 Å². The third kappa shape index (κ3) is 5.28. The molecule has 90 valence electrons. The number of hydrogen-bond donors (Lipinski definition) is 1. The lowest BCUT2D eigenvalue weighted by molar-refractivity contribution is 0.295. The molecule has 1 N–H and O–H groups in total. The highest BCUT2D eigenvalue weighted by atomic mass is 32.2. The molecule has 16 heavy (non-hydrogen) atoms. The molecule has 0 fully saturated rings. The predicted octanol–water partition coefficient (Wildman–Crippen LogP) is 1.42. The Balaban J connectivity index is 2.30. The lowest BCUT2D eigenvalue weighted by atomic mass is 10.1. The van der Waals surface area contributed by atoms with E-state index in [0.29, 0.717) is 12.8 Å². The summed E-state index contributed by atoms with van der Waals surface area (Å²) in [5, 5.41) is 8.57. The third-order valence-electron chi connectivity index (χ3n) is 2.38. The van der Waals surface area contributed by atoms with Gasteiger partial charge in [-0.05, 0) is 24.8 Å². The van der Waals surface area contributed by atoms with Crippen molar-refractivity contribution in [2.45, 2.75) is 19.3 Å². The molecule has 0 amide bonds. The molecule has 0 saturated carbocycles. The maximum atomic E-state index is 11.5. The summed E-state index contributed by atoms with van der Waals surface area (Å²) < 4.78 is 22.9. The normalized spacial score (nSPS) is 11.6. The molecule has 0 radical (unpaired) electrons. The molecule has 1 rings (SSSR count). The molecule has 0 unspecified atom stereocenters. The Kier molecular flexibility index (Phi) is 5.49. The van der Waals surface area contributed by atoms with Crippen molar-refractivity contribution in [1.82, 2.24) is 0 Å². The summed E-state index contributed by atoms with van der Waals surface area (Å²) in [4.78, 5) is 0. The van der Waals surface area contributed by atoms with Gasteiger partial charge in [0.1, 0.15) is 9.84 Å². The molecular formula is C12H18O3S. The van der Waals surface area contributed by atoms with Crippen LogP contribution in [0.2, 0.25) is 0 Å². The van der Waals surface area contributed by atoms with E-state index >= 15 is 0 Å². The van der Waals surface area contributed by atoms with Crippen molar-refractivity contribution in [3.8, 4) is 0 Å². The van der Waals surface area contributed by atoms with Crippen LogP contribution in [-0.2, 0) is 16.3 Å². The van der Waals surface area contributed by atoms with E-state index in [9.17, 15) is 8.42 Å². The average molecular weight is 242 g/mol. The highest BCUT2D eigenvalue weighted by molar-refractivity contribution is 7.91. The molecule has 1 aromatic rings. The Morgan fingerprint density at radius 1 is 1.00 bits per heavy atom. The van der Waals surface area contributed by atoms with Crippen LogP contribution >= 0.6 is 0 Å². The van der Waals surface area contributed by atoms with Crippen LogP contribution in [0.1, 0.15) is 18.4 Å². The van der Waals surface area contributed by atoms with Gasteiger partial charge >= 0.3 is 0 Å². The monoisotopic (exact) mass is 242 g/mol. The maximum Gasteiger partial charge on any atom is 0.150 e. The van der Waals surface area contributed by atoms with Crippen LogP contribution in [0.15, 0.2) is 30.3 Å². The molecule has 0 aliphatic rings. The van der Waals surface area contributed by atoms with E-state index in [1.807, 2.05) is 30.3 Å². The Morgan fingerprint density at radius 3 is 2.25 bits per heavy atom. The quantitative estimate of drug-likeness (QED) is 0.786. The summed E-state index contributed by atoms with van der Waals surface area (Å²) >= 11 is 0. The van der Waals surface area contributed by atoms with E-state index in [1.54, 1.807) is 0 Å². The topological polar surface area (TPSA) is 54.4 Å². The van der Waals surface area contributed by atoms with Crippen molar-refractivity contribution in [2.24, 2.45) is 0 Å². The first kappa shape index (κ1) is 13.2. The van der Waals surface area contributed by atoms with Gasteiger partial charge in [-0.15, -0.1) is 0 Å². The first-order valence-electron chi connectivity index (χ1n) is 5.49. The number of hydrogen-bond acceptors (Lipinski definition) is 3. The lowest BCUT2D eigenvalue weighted by Crippen LogP contribution is -2.12. The highest BCUT2D eigenvalue weighted by Crippen LogP contribution is 2.05. The molecule has 0 atom stereocenters. The first-order valence-corrected chi connectivity index (χ1v) is 7.31. The van der Waals surface area contributed by atoms with Crippen molar-refractivity contribution in [2.75, 3.05) is 18.1 Å². The fourth-order valence-corrected chi connectivity index (χ4v) is 2.88. The van der Waals surface area contributed by atoms with Crippen molar-refractivity contribution in [3.05, 3.63) is 35.9 Å². The van der Waals surface area contributed by atoms with Crippen LogP contribution in [0.5, 0.6) is 0 Å². The second-order valence-electron chi connectivity index (χ2n) is 3.82. The van der Waals surface area contributed by atoms with Crippen LogP contribution in [0.3, 0.4) is 0 Å². The molecule has 0 spiro atoms. The lowest BCUT2D eigenvalue weighted by Gasteiger charge is -2.03. The molecule has 0 saturated heterocycles. The second kappa shape index (κ2) is 6.66. The Morgan fingerprint density at radius 2 is 1.62 bits per heavy atom. The zero-order valence-electron chi connectivity index (χ0n) is 9.30. The van der Waals surface area contributed by atoms with Crippen LogP contribution in [-0.4, -0.2) is 31.6 Å². The van der Waals surface area contributed by atoms with Crippen LogP contribution in [0, 0.1) is 0 Å². The molecule has 3 nitrogen and oxygen atoms in total. The van der Waals surface area contributed by atoms with Crippen LogP contribution < -0.4 is 0 Å². The molecule has 0 aromatic heterocycles. The van der Waals surface area contributed by atoms with Gasteiger partial charge in [0, 0.05) is 6.61 Å². The molecule has 0 heterocycles. The number of aryl methyl sites for hydroxylation is 1. The zero-order valence-corrected chi connectivity index (χ0v) is 10.1.